The van der Waals surface area contributed by atoms with Gasteiger partial charge in [-0.05, 0) is 36.3 Å². The van der Waals surface area contributed by atoms with Gasteiger partial charge in [-0.3, -0.25) is 4.90 Å². The van der Waals surface area contributed by atoms with Crippen LogP contribution < -0.4 is 10.6 Å². The molecule has 10 heteroatoms. The molecule has 0 atom stereocenters. The van der Waals surface area contributed by atoms with Crippen molar-refractivity contribution >= 4 is 23.4 Å². The zero-order chi connectivity index (χ0) is 22.1. The summed E-state index contributed by atoms with van der Waals surface area (Å²) in [6.07, 6.45) is -3.92. The zero-order valence-corrected chi connectivity index (χ0v) is 16.7. The summed E-state index contributed by atoms with van der Waals surface area (Å²) in [5.41, 5.74) is -0.676. The molecular weight excluding hydrogens is 401 g/mol. The van der Waals surface area contributed by atoms with Gasteiger partial charge in [0.25, 0.3) is 0 Å². The molecule has 2 heterocycles. The van der Waals surface area contributed by atoms with Crippen LogP contribution in [0.15, 0.2) is 29.1 Å². The van der Waals surface area contributed by atoms with Crippen LogP contribution in [0, 0.1) is 0 Å². The zero-order valence-electron chi connectivity index (χ0n) is 16.7. The van der Waals surface area contributed by atoms with Gasteiger partial charge >= 0.3 is 18.0 Å². The van der Waals surface area contributed by atoms with E-state index < -0.39 is 23.7 Å². The summed E-state index contributed by atoms with van der Waals surface area (Å²) in [7, 11) is 3.77. The largest absolute Gasteiger partial charge is 0.450 e. The number of aromatic nitrogens is 2. The van der Waals surface area contributed by atoms with Crippen molar-refractivity contribution in [3.63, 3.8) is 0 Å². The third-order valence-corrected chi connectivity index (χ3v) is 4.61. The number of benzene rings is 1. The quantitative estimate of drug-likeness (QED) is 0.821. The molecule has 1 aromatic heterocycles. The Morgan fingerprint density at radius 2 is 1.93 bits per heavy atom. The summed E-state index contributed by atoms with van der Waals surface area (Å²) in [4.78, 5) is 32.7. The van der Waals surface area contributed by atoms with E-state index in [4.69, 9.17) is 4.74 Å². The minimum atomic E-state index is -4.80. The molecule has 0 unspecified atom stereocenters. The number of amides is 1. The number of hydrogen-bond acceptors (Lipinski definition) is 5. The molecule has 0 aliphatic carbocycles. The second-order valence-electron chi connectivity index (χ2n) is 6.95. The maximum Gasteiger partial charge on any atom is 0.431 e. The minimum Gasteiger partial charge on any atom is -0.450 e. The van der Waals surface area contributed by atoms with E-state index in [0.717, 1.165) is 10.6 Å². The number of anilines is 1. The van der Waals surface area contributed by atoms with Gasteiger partial charge in [-0.15, -0.1) is 0 Å². The maximum absolute atomic E-state index is 13.5. The lowest BCUT2D eigenvalue weighted by Gasteiger charge is -2.30. The van der Waals surface area contributed by atoms with Crippen LogP contribution in [-0.4, -0.2) is 48.2 Å². The number of rotatable bonds is 3. The molecule has 0 radical (unpaired) electrons. The number of hydrogen-bond donors (Lipinski definition) is 1. The summed E-state index contributed by atoms with van der Waals surface area (Å²) in [5, 5.41) is 0. The molecule has 0 fully saturated rings. The van der Waals surface area contributed by atoms with Crippen molar-refractivity contribution in [2.24, 2.45) is 0 Å². The first-order valence-electron chi connectivity index (χ1n) is 9.20. The summed E-state index contributed by atoms with van der Waals surface area (Å²) < 4.78 is 45.6. The van der Waals surface area contributed by atoms with Crippen molar-refractivity contribution < 1.29 is 22.7 Å². The molecule has 1 aromatic carbocycles. The number of nitrogens with one attached hydrogen (secondary N) is 1. The monoisotopic (exact) mass is 422 g/mol. The Morgan fingerprint density at radius 3 is 2.50 bits per heavy atom. The van der Waals surface area contributed by atoms with Crippen LogP contribution in [0.3, 0.4) is 0 Å². The highest BCUT2D eigenvalue weighted by Gasteiger charge is 2.39. The Morgan fingerprint density at radius 1 is 1.27 bits per heavy atom. The lowest BCUT2D eigenvalue weighted by atomic mass is 9.97. The van der Waals surface area contributed by atoms with Crippen LogP contribution in [0.4, 0.5) is 23.7 Å². The van der Waals surface area contributed by atoms with Gasteiger partial charge in [-0.1, -0.05) is 12.1 Å². The molecule has 0 saturated carbocycles. The topological polar surface area (TPSA) is 78.5 Å². The van der Waals surface area contributed by atoms with E-state index >= 15 is 0 Å². The van der Waals surface area contributed by atoms with Gasteiger partial charge < -0.3 is 14.6 Å². The van der Waals surface area contributed by atoms with Gasteiger partial charge in [0, 0.05) is 25.3 Å². The second-order valence-corrected chi connectivity index (χ2v) is 6.95. The number of H-pyrrole nitrogens is 1. The first-order chi connectivity index (χ1) is 14.1. The normalized spacial score (nSPS) is 15.1. The molecular formula is C20H21F3N4O3. The van der Waals surface area contributed by atoms with Crippen molar-refractivity contribution in [1.29, 1.82) is 0 Å². The van der Waals surface area contributed by atoms with E-state index in [9.17, 15) is 22.8 Å². The first kappa shape index (κ1) is 21.4. The molecule has 1 amide bonds. The fraction of sp³-hybridized carbons (Fsp3) is 0.350. The first-order valence-corrected chi connectivity index (χ1v) is 9.20. The molecule has 0 spiro atoms. The van der Waals surface area contributed by atoms with E-state index in [-0.39, 0.29) is 31.0 Å². The van der Waals surface area contributed by atoms with Crippen LogP contribution in [0.1, 0.15) is 29.4 Å². The summed E-state index contributed by atoms with van der Waals surface area (Å²) in [6, 6.07) is 7.30. The molecule has 7 nitrogen and oxygen atoms in total. The minimum absolute atomic E-state index is 0.0327. The highest BCUT2D eigenvalue weighted by molar-refractivity contribution is 5.86. The Kier molecular flexibility index (Phi) is 5.86. The number of fused-ring (bicyclic) bond motifs is 1. The molecule has 1 aliphatic rings. The van der Waals surface area contributed by atoms with Crippen LogP contribution in [0.2, 0.25) is 0 Å². The number of aromatic amines is 1. The third kappa shape index (κ3) is 4.47. The molecule has 160 valence electrons. The highest BCUT2D eigenvalue weighted by atomic mass is 19.4. The molecule has 1 aliphatic heterocycles. The highest BCUT2D eigenvalue weighted by Crippen LogP contribution is 2.36. The lowest BCUT2D eigenvalue weighted by Crippen LogP contribution is -2.39. The molecule has 3 rings (SSSR count). The van der Waals surface area contributed by atoms with Crippen LogP contribution in [0.25, 0.3) is 11.6 Å². The summed E-state index contributed by atoms with van der Waals surface area (Å²) >= 11 is 0. The Bertz CT molecular complexity index is 1030. The van der Waals surface area contributed by atoms with E-state index in [0.29, 0.717) is 11.1 Å². The third-order valence-electron chi connectivity index (χ3n) is 4.61. The molecule has 1 N–H and O–H groups in total. The molecule has 0 saturated heterocycles. The van der Waals surface area contributed by atoms with Crippen molar-refractivity contribution in [2.45, 2.75) is 19.6 Å². The predicted octanol–water partition coefficient (Wildman–Crippen LogP) is 3.37. The smallest absolute Gasteiger partial charge is 0.431 e. The van der Waals surface area contributed by atoms with Crippen molar-refractivity contribution in [2.75, 3.05) is 32.1 Å². The second kappa shape index (κ2) is 8.21. The number of ether oxygens (including phenoxy) is 1. The predicted molar refractivity (Wildman–Crippen MR) is 106 cm³/mol. The number of carbonyl (C=O) groups is 1. The van der Waals surface area contributed by atoms with Gasteiger partial charge in [0.2, 0.25) is 0 Å². The maximum atomic E-state index is 13.5. The number of alkyl halides is 3. The Labute approximate surface area is 170 Å². The van der Waals surface area contributed by atoms with E-state index in [1.807, 2.05) is 31.1 Å². The summed E-state index contributed by atoms with van der Waals surface area (Å²) in [5.74, 6) is 0. The lowest BCUT2D eigenvalue weighted by molar-refractivity contribution is -0.142. The van der Waals surface area contributed by atoms with Crippen molar-refractivity contribution in [3.8, 4) is 0 Å². The van der Waals surface area contributed by atoms with E-state index in [2.05, 4.69) is 4.98 Å². The SMILES string of the molecule is CCOC(=O)N1C/C(=C\c2ccc(N(C)C)cc2)c2nc(=O)[nH]c(C(F)(F)F)c2C1. The Hall–Kier alpha value is -3.30. The standard InChI is InChI=1S/C20H21F3N4O3/c1-4-30-19(29)27-10-13(9-12-5-7-14(8-6-12)26(2)3)16-15(11-27)17(20(21,22)23)25-18(28)24-16/h5-9H,4,10-11H2,1-3H3,(H,24,25,28)/b13-9+. The Balaban J connectivity index is 2.14. The van der Waals surface area contributed by atoms with Crippen molar-refractivity contribution in [1.82, 2.24) is 14.9 Å². The fourth-order valence-electron chi connectivity index (χ4n) is 3.21. The van der Waals surface area contributed by atoms with Gasteiger partial charge in [-0.2, -0.15) is 18.2 Å². The van der Waals surface area contributed by atoms with E-state index in [1.165, 1.54) is 0 Å². The van der Waals surface area contributed by atoms with Gasteiger partial charge in [0.1, 0.15) is 5.69 Å². The van der Waals surface area contributed by atoms with Gasteiger partial charge in [0.05, 0.1) is 25.4 Å². The van der Waals surface area contributed by atoms with Crippen LogP contribution >= 0.6 is 0 Å². The van der Waals surface area contributed by atoms with Crippen LogP contribution in [-0.2, 0) is 17.5 Å². The van der Waals surface area contributed by atoms with E-state index in [1.54, 1.807) is 30.1 Å². The molecule has 0 bridgehead atoms. The van der Waals surface area contributed by atoms with Gasteiger partial charge in [0.15, 0.2) is 0 Å². The number of halogens is 3. The molecule has 30 heavy (non-hydrogen) atoms. The number of nitrogens with zero attached hydrogens (tertiary/aromatic N) is 3. The molecule has 2 aromatic rings. The van der Waals surface area contributed by atoms with Crippen molar-refractivity contribution in [3.05, 3.63) is 57.3 Å². The average Bonchev–Trinajstić information content (AvgIpc) is 2.67. The van der Waals surface area contributed by atoms with Crippen LogP contribution in [0.5, 0.6) is 0 Å². The van der Waals surface area contributed by atoms with Gasteiger partial charge in [-0.25, -0.2) is 9.59 Å². The number of carbonyl (C=O) groups excluding carboxylic acids is 1. The summed E-state index contributed by atoms with van der Waals surface area (Å²) in [6.45, 7) is 1.29. The fourth-order valence-corrected chi connectivity index (χ4v) is 3.21. The average molecular weight is 422 g/mol.